The van der Waals surface area contributed by atoms with Crippen LogP contribution in [0.3, 0.4) is 0 Å². The highest BCUT2D eigenvalue weighted by Crippen LogP contribution is 2.27. The Bertz CT molecular complexity index is 1150. The largest absolute Gasteiger partial charge is 0.457 e. The smallest absolute Gasteiger partial charge is 0.246 e. The van der Waals surface area contributed by atoms with E-state index in [1.807, 2.05) is 42.5 Å². The minimum Gasteiger partial charge on any atom is -0.457 e. The number of halogens is 1. The highest BCUT2D eigenvalue weighted by atomic mass is 35.5. The summed E-state index contributed by atoms with van der Waals surface area (Å²) in [4.78, 5) is 14.6. The summed E-state index contributed by atoms with van der Waals surface area (Å²) in [6.45, 7) is 1.91. The van der Waals surface area contributed by atoms with Gasteiger partial charge in [0.2, 0.25) is 15.9 Å². The Morgan fingerprint density at radius 3 is 2.06 bits per heavy atom. The van der Waals surface area contributed by atoms with E-state index in [2.05, 4.69) is 0 Å². The molecule has 1 atom stereocenters. The molecule has 8 heteroatoms. The van der Waals surface area contributed by atoms with Gasteiger partial charge in [-0.05, 0) is 61.0 Å². The second kappa shape index (κ2) is 10.1. The van der Waals surface area contributed by atoms with E-state index in [1.165, 1.54) is 4.90 Å². The topological polar surface area (TPSA) is 66.9 Å². The predicted octanol–water partition coefficient (Wildman–Crippen LogP) is 4.95. The van der Waals surface area contributed by atoms with Gasteiger partial charge in [0, 0.05) is 18.6 Å². The zero-order valence-electron chi connectivity index (χ0n) is 18.1. The number of rotatable bonds is 8. The predicted molar refractivity (Wildman–Crippen MR) is 128 cm³/mol. The second-order valence-corrected chi connectivity index (χ2v) is 9.76. The summed E-state index contributed by atoms with van der Waals surface area (Å²) in [5, 5.41) is 0.610. The number of carbonyl (C=O) groups excluding carboxylic acids is 1. The van der Waals surface area contributed by atoms with E-state index in [4.69, 9.17) is 16.3 Å². The van der Waals surface area contributed by atoms with Crippen LogP contribution in [0.25, 0.3) is 0 Å². The van der Waals surface area contributed by atoms with Gasteiger partial charge in [-0.1, -0.05) is 41.9 Å². The average Bonchev–Trinajstić information content (AvgIpc) is 2.76. The van der Waals surface area contributed by atoms with Crippen LogP contribution in [-0.4, -0.2) is 38.6 Å². The van der Waals surface area contributed by atoms with Crippen molar-refractivity contribution in [3.8, 4) is 11.5 Å². The molecule has 0 fully saturated rings. The van der Waals surface area contributed by atoms with Crippen LogP contribution >= 0.6 is 11.6 Å². The number of nitrogens with zero attached hydrogens (tertiary/aromatic N) is 2. The maximum absolute atomic E-state index is 13.1. The number of anilines is 1. The summed E-state index contributed by atoms with van der Waals surface area (Å²) >= 11 is 5.91. The van der Waals surface area contributed by atoms with Crippen molar-refractivity contribution in [1.29, 1.82) is 0 Å². The van der Waals surface area contributed by atoms with Crippen molar-refractivity contribution >= 4 is 33.2 Å². The molecule has 0 N–H and O–H groups in total. The van der Waals surface area contributed by atoms with Crippen molar-refractivity contribution in [2.24, 2.45) is 0 Å². The number of amides is 1. The molecule has 0 aromatic heterocycles. The van der Waals surface area contributed by atoms with E-state index in [0.717, 1.165) is 16.1 Å². The van der Waals surface area contributed by atoms with E-state index in [0.29, 0.717) is 28.8 Å². The summed E-state index contributed by atoms with van der Waals surface area (Å²) in [6.07, 6.45) is 1.09. The lowest BCUT2D eigenvalue weighted by molar-refractivity contribution is -0.131. The molecule has 0 saturated heterocycles. The third kappa shape index (κ3) is 6.02. The highest BCUT2D eigenvalue weighted by molar-refractivity contribution is 7.92. The monoisotopic (exact) mass is 472 g/mol. The van der Waals surface area contributed by atoms with Crippen molar-refractivity contribution in [1.82, 2.24) is 4.90 Å². The van der Waals surface area contributed by atoms with Crippen LogP contribution in [0.5, 0.6) is 11.5 Å². The molecule has 0 saturated carbocycles. The fourth-order valence-electron chi connectivity index (χ4n) is 3.35. The molecule has 1 amide bonds. The zero-order chi connectivity index (χ0) is 23.3. The van der Waals surface area contributed by atoms with Crippen molar-refractivity contribution < 1.29 is 17.9 Å². The van der Waals surface area contributed by atoms with E-state index < -0.39 is 16.1 Å². The number of sulfonamides is 1. The molecule has 6 nitrogen and oxygen atoms in total. The third-order valence-corrected chi connectivity index (χ3v) is 6.34. The molecular formula is C24H25ClN2O4S. The van der Waals surface area contributed by atoms with Gasteiger partial charge in [-0.25, -0.2) is 8.42 Å². The number of hydrogen-bond donors (Lipinski definition) is 0. The molecule has 3 aromatic carbocycles. The summed E-state index contributed by atoms with van der Waals surface area (Å²) in [5.74, 6) is 0.912. The second-order valence-electron chi connectivity index (χ2n) is 7.46. The summed E-state index contributed by atoms with van der Waals surface area (Å²) in [6, 6.07) is 22.1. The summed E-state index contributed by atoms with van der Waals surface area (Å²) < 4.78 is 32.1. The molecule has 0 heterocycles. The number of hydrogen-bond acceptors (Lipinski definition) is 4. The molecule has 3 rings (SSSR count). The van der Waals surface area contributed by atoms with Gasteiger partial charge < -0.3 is 9.64 Å². The summed E-state index contributed by atoms with van der Waals surface area (Å²) in [5.41, 5.74) is 1.28. The Hall–Kier alpha value is -3.03. The van der Waals surface area contributed by atoms with Crippen LogP contribution in [-0.2, 0) is 21.4 Å². The Morgan fingerprint density at radius 1 is 0.938 bits per heavy atom. The molecule has 0 spiro atoms. The van der Waals surface area contributed by atoms with Crippen molar-refractivity contribution in [3.05, 3.63) is 89.4 Å². The number of carbonyl (C=O) groups is 1. The van der Waals surface area contributed by atoms with Gasteiger partial charge >= 0.3 is 0 Å². The third-order valence-electron chi connectivity index (χ3n) is 4.85. The Morgan fingerprint density at radius 2 is 1.50 bits per heavy atom. The molecule has 32 heavy (non-hydrogen) atoms. The fourth-order valence-corrected chi connectivity index (χ4v) is 4.64. The van der Waals surface area contributed by atoms with Gasteiger partial charge in [0.1, 0.15) is 17.5 Å². The summed E-state index contributed by atoms with van der Waals surface area (Å²) in [7, 11) is -2.07. The minimum atomic E-state index is -3.72. The highest BCUT2D eigenvalue weighted by Gasteiger charge is 2.31. The van der Waals surface area contributed by atoms with Crippen LogP contribution in [0.2, 0.25) is 5.02 Å². The van der Waals surface area contributed by atoms with E-state index in [1.54, 1.807) is 50.4 Å². The molecule has 0 radical (unpaired) electrons. The molecular weight excluding hydrogens is 448 g/mol. The first-order chi connectivity index (χ1) is 15.1. The molecule has 3 aromatic rings. The average molecular weight is 473 g/mol. The van der Waals surface area contributed by atoms with Crippen LogP contribution in [0, 0.1) is 0 Å². The van der Waals surface area contributed by atoms with Gasteiger partial charge in [0.15, 0.2) is 0 Å². The van der Waals surface area contributed by atoms with E-state index in [-0.39, 0.29) is 5.91 Å². The molecule has 0 aliphatic rings. The Kier molecular flexibility index (Phi) is 7.43. The SMILES string of the molecule is C[C@H](C(=O)N(C)Cc1ccc(Cl)cc1)N(c1ccc(Oc2ccccc2)cc1)S(C)(=O)=O. The standard InChI is InChI=1S/C24H25ClN2O4S/c1-18(24(28)26(2)17-19-9-11-20(25)12-10-19)27(32(3,29)30)21-13-15-23(16-14-21)31-22-7-5-4-6-8-22/h4-16,18H,17H2,1-3H3/t18-/m1/s1. The van der Waals surface area contributed by atoms with Gasteiger partial charge in [-0.15, -0.1) is 0 Å². The lowest BCUT2D eigenvalue weighted by Crippen LogP contribution is -2.48. The first-order valence-corrected chi connectivity index (χ1v) is 12.2. The molecule has 0 bridgehead atoms. The first-order valence-electron chi connectivity index (χ1n) is 9.97. The molecule has 0 aliphatic carbocycles. The van der Waals surface area contributed by atoms with Crippen LogP contribution < -0.4 is 9.04 Å². The lowest BCUT2D eigenvalue weighted by atomic mass is 10.2. The van der Waals surface area contributed by atoms with Crippen LogP contribution in [0.15, 0.2) is 78.9 Å². The molecule has 0 aliphatic heterocycles. The van der Waals surface area contributed by atoms with Gasteiger partial charge in [-0.3, -0.25) is 9.10 Å². The number of para-hydroxylation sites is 1. The Labute approximate surface area is 194 Å². The fraction of sp³-hybridized carbons (Fsp3) is 0.208. The quantitative estimate of drug-likeness (QED) is 0.465. The van der Waals surface area contributed by atoms with Crippen LogP contribution in [0.1, 0.15) is 12.5 Å². The first kappa shape index (κ1) is 23.6. The van der Waals surface area contributed by atoms with Gasteiger partial charge in [-0.2, -0.15) is 0 Å². The maximum Gasteiger partial charge on any atom is 0.246 e. The maximum atomic E-state index is 13.1. The van der Waals surface area contributed by atoms with E-state index >= 15 is 0 Å². The molecule has 168 valence electrons. The van der Waals surface area contributed by atoms with Crippen molar-refractivity contribution in [2.75, 3.05) is 17.6 Å². The van der Waals surface area contributed by atoms with E-state index in [9.17, 15) is 13.2 Å². The van der Waals surface area contributed by atoms with Gasteiger partial charge in [0.05, 0.1) is 11.9 Å². The van der Waals surface area contributed by atoms with Crippen molar-refractivity contribution in [2.45, 2.75) is 19.5 Å². The Balaban J connectivity index is 1.78. The van der Waals surface area contributed by atoms with Gasteiger partial charge in [0.25, 0.3) is 0 Å². The lowest BCUT2D eigenvalue weighted by Gasteiger charge is -2.31. The zero-order valence-corrected chi connectivity index (χ0v) is 19.7. The minimum absolute atomic E-state index is 0.324. The number of ether oxygens (including phenoxy) is 1. The molecule has 0 unspecified atom stereocenters. The normalized spacial score (nSPS) is 12.1. The van der Waals surface area contributed by atoms with Crippen LogP contribution in [0.4, 0.5) is 5.69 Å². The van der Waals surface area contributed by atoms with Crippen molar-refractivity contribution in [3.63, 3.8) is 0 Å². The number of likely N-dealkylation sites (N-methyl/N-ethyl adjacent to an activating group) is 1. The number of benzene rings is 3.